The molecule has 8 heteroatoms. The third-order valence-corrected chi connectivity index (χ3v) is 7.12. The molecule has 2 aromatic rings. The number of nitrogens with zero attached hydrogens (tertiary/aromatic N) is 2. The largest absolute Gasteiger partial charge is 0.361 e. The Morgan fingerprint density at radius 3 is 3.05 bits per heavy atom. The fourth-order valence-electron chi connectivity index (χ4n) is 2.95. The van der Waals surface area contributed by atoms with E-state index in [9.17, 15) is 8.42 Å². The van der Waals surface area contributed by atoms with E-state index < -0.39 is 9.84 Å². The molecule has 2 fully saturated rings. The second-order valence-corrected chi connectivity index (χ2v) is 8.87. The molecule has 0 aliphatic carbocycles. The molecule has 1 aromatic heterocycles. The first-order valence-corrected chi connectivity index (χ1v) is 9.58. The van der Waals surface area contributed by atoms with E-state index in [1.807, 2.05) is 30.5 Å². The van der Waals surface area contributed by atoms with Gasteiger partial charge in [0.1, 0.15) is 0 Å². The van der Waals surface area contributed by atoms with E-state index in [1.54, 1.807) is 11.2 Å². The van der Waals surface area contributed by atoms with Crippen LogP contribution in [0.1, 0.15) is 5.56 Å². The van der Waals surface area contributed by atoms with Crippen molar-refractivity contribution in [2.75, 3.05) is 11.5 Å². The first kappa shape index (κ1) is 13.8. The Balaban J connectivity index is 1.64. The fraction of sp³-hybridized carbons (Fsp3) is 0.286. The van der Waals surface area contributed by atoms with Crippen molar-refractivity contribution in [1.82, 2.24) is 9.99 Å². The normalized spacial score (nSPS) is 27.1. The smallest absolute Gasteiger partial charge is 0.177 e. The Bertz CT molecular complexity index is 887. The lowest BCUT2D eigenvalue weighted by Crippen LogP contribution is -2.32. The van der Waals surface area contributed by atoms with Crippen LogP contribution in [0.5, 0.6) is 0 Å². The van der Waals surface area contributed by atoms with Crippen LogP contribution >= 0.6 is 11.8 Å². The second kappa shape index (κ2) is 4.85. The minimum Gasteiger partial charge on any atom is -0.361 e. The molecular weight excluding hydrogens is 320 g/mol. The number of hydrogen-bond acceptors (Lipinski definition) is 5. The molecule has 2 saturated heterocycles. The van der Waals surface area contributed by atoms with Gasteiger partial charge in [0.15, 0.2) is 15.0 Å². The Hall–Kier alpha value is -1.80. The van der Waals surface area contributed by atoms with Gasteiger partial charge in [0, 0.05) is 27.9 Å². The molecular formula is C14H14N4O2S2. The van der Waals surface area contributed by atoms with Gasteiger partial charge < -0.3 is 4.98 Å². The highest BCUT2D eigenvalue weighted by molar-refractivity contribution is 8.15. The van der Waals surface area contributed by atoms with Gasteiger partial charge in [-0.05, 0) is 6.07 Å². The first-order chi connectivity index (χ1) is 10.5. The van der Waals surface area contributed by atoms with Gasteiger partial charge in [-0.25, -0.2) is 13.4 Å². The van der Waals surface area contributed by atoms with Crippen LogP contribution in [0, 0.1) is 5.41 Å². The zero-order chi connectivity index (χ0) is 15.3. The number of rotatable bonds is 2. The summed E-state index contributed by atoms with van der Waals surface area (Å²) >= 11 is 1.30. The van der Waals surface area contributed by atoms with Crippen LogP contribution in [0.3, 0.4) is 0 Å². The van der Waals surface area contributed by atoms with Crippen LogP contribution < -0.4 is 0 Å². The molecule has 6 nitrogen and oxygen atoms in total. The van der Waals surface area contributed by atoms with E-state index in [4.69, 9.17) is 5.41 Å². The molecule has 0 spiro atoms. The van der Waals surface area contributed by atoms with E-state index in [1.165, 1.54) is 11.8 Å². The highest BCUT2D eigenvalue weighted by atomic mass is 32.2. The lowest BCUT2D eigenvalue weighted by atomic mass is 10.2. The molecule has 0 saturated carbocycles. The van der Waals surface area contributed by atoms with Crippen molar-refractivity contribution >= 4 is 43.9 Å². The van der Waals surface area contributed by atoms with Crippen LogP contribution in [0.15, 0.2) is 35.6 Å². The topological polar surface area (TPSA) is 89.4 Å². The Kier molecular flexibility index (Phi) is 3.05. The number of fused-ring (bicyclic) bond motifs is 2. The monoisotopic (exact) mass is 334 g/mol. The van der Waals surface area contributed by atoms with Crippen LogP contribution in [0.25, 0.3) is 10.9 Å². The van der Waals surface area contributed by atoms with Crippen molar-refractivity contribution < 1.29 is 8.42 Å². The number of hydrazone groups is 1. The average Bonchev–Trinajstić information content (AvgIpc) is 3.08. The highest BCUT2D eigenvalue weighted by Gasteiger charge is 2.48. The van der Waals surface area contributed by atoms with Crippen molar-refractivity contribution in [3.8, 4) is 0 Å². The van der Waals surface area contributed by atoms with Crippen LogP contribution in [0.2, 0.25) is 0 Å². The van der Waals surface area contributed by atoms with Gasteiger partial charge in [-0.15, -0.1) is 0 Å². The highest BCUT2D eigenvalue weighted by Crippen LogP contribution is 2.37. The van der Waals surface area contributed by atoms with Crippen molar-refractivity contribution in [3.63, 3.8) is 0 Å². The van der Waals surface area contributed by atoms with Crippen molar-refractivity contribution in [2.24, 2.45) is 5.10 Å². The molecule has 0 amide bonds. The van der Waals surface area contributed by atoms with E-state index in [0.29, 0.717) is 5.17 Å². The average molecular weight is 334 g/mol. The Labute approximate surface area is 132 Å². The van der Waals surface area contributed by atoms with Gasteiger partial charge in [-0.1, -0.05) is 30.0 Å². The van der Waals surface area contributed by atoms with Crippen LogP contribution in [0.4, 0.5) is 0 Å². The van der Waals surface area contributed by atoms with E-state index in [0.717, 1.165) is 16.5 Å². The lowest BCUT2D eigenvalue weighted by molar-refractivity contribution is 0.376. The Morgan fingerprint density at radius 2 is 2.18 bits per heavy atom. The molecule has 22 heavy (non-hydrogen) atoms. The van der Waals surface area contributed by atoms with Gasteiger partial charge in [-0.2, -0.15) is 5.10 Å². The molecule has 4 rings (SSSR count). The summed E-state index contributed by atoms with van der Waals surface area (Å²) in [5, 5.41) is 15.2. The summed E-state index contributed by atoms with van der Waals surface area (Å²) in [6.45, 7) is 0. The van der Waals surface area contributed by atoms with Crippen molar-refractivity contribution in [3.05, 3.63) is 36.0 Å². The zero-order valence-electron chi connectivity index (χ0n) is 11.6. The third kappa shape index (κ3) is 2.22. The number of aromatic amines is 1. The maximum absolute atomic E-state index is 11.7. The number of H-pyrrole nitrogens is 1. The number of sulfone groups is 1. The number of thioether (sulfide) groups is 1. The summed E-state index contributed by atoms with van der Waals surface area (Å²) in [5.41, 5.74) is 1.95. The molecule has 2 aliphatic rings. The molecule has 2 aliphatic heterocycles. The summed E-state index contributed by atoms with van der Waals surface area (Å²) in [5.74, 6) is 0.224. The molecule has 0 unspecified atom stereocenters. The van der Waals surface area contributed by atoms with Crippen LogP contribution in [-0.4, -0.2) is 52.6 Å². The number of para-hydroxylation sites is 1. The summed E-state index contributed by atoms with van der Waals surface area (Å²) in [6.07, 6.45) is 3.56. The number of aromatic nitrogens is 1. The molecule has 1 aromatic carbocycles. The van der Waals surface area contributed by atoms with Gasteiger partial charge in [0.2, 0.25) is 0 Å². The summed E-state index contributed by atoms with van der Waals surface area (Å²) in [6, 6.07) is 7.69. The first-order valence-electron chi connectivity index (χ1n) is 6.88. The maximum atomic E-state index is 11.7. The maximum Gasteiger partial charge on any atom is 0.177 e. The minimum absolute atomic E-state index is 0.0716. The molecule has 0 radical (unpaired) electrons. The number of amidine groups is 1. The van der Waals surface area contributed by atoms with E-state index >= 15 is 0 Å². The number of hydrogen-bond donors (Lipinski definition) is 2. The summed E-state index contributed by atoms with van der Waals surface area (Å²) < 4.78 is 23.5. The molecule has 114 valence electrons. The fourth-order valence-corrected chi connectivity index (χ4v) is 6.66. The van der Waals surface area contributed by atoms with Crippen molar-refractivity contribution in [1.29, 1.82) is 5.41 Å². The lowest BCUT2D eigenvalue weighted by Gasteiger charge is -2.17. The van der Waals surface area contributed by atoms with Gasteiger partial charge in [-0.3, -0.25) is 5.41 Å². The molecule has 2 atom stereocenters. The van der Waals surface area contributed by atoms with E-state index in [-0.39, 0.29) is 22.8 Å². The van der Waals surface area contributed by atoms with Gasteiger partial charge >= 0.3 is 0 Å². The molecule has 3 heterocycles. The van der Waals surface area contributed by atoms with E-state index in [2.05, 4.69) is 10.1 Å². The predicted octanol–water partition coefficient (Wildman–Crippen LogP) is 1.65. The quantitative estimate of drug-likeness (QED) is 0.817. The zero-order valence-corrected chi connectivity index (χ0v) is 13.2. The minimum atomic E-state index is -3.01. The van der Waals surface area contributed by atoms with Crippen molar-refractivity contribution in [2.45, 2.75) is 11.3 Å². The predicted molar refractivity (Wildman–Crippen MR) is 89.3 cm³/mol. The standard InChI is InChI=1S/C14H14N4O2S2/c15-14-18(12-7-22(19,20)8-13(12)21-14)17-6-9-5-16-11-4-2-1-3-10(9)11/h1-6,12-13,15-16H,7-8H2/b15-14?,17-6-/t12-,13-/m1/s1. The molecule has 2 N–H and O–H groups in total. The second-order valence-electron chi connectivity index (χ2n) is 5.48. The van der Waals surface area contributed by atoms with Gasteiger partial charge in [0.05, 0.1) is 23.8 Å². The Morgan fingerprint density at radius 1 is 1.36 bits per heavy atom. The number of nitrogens with one attached hydrogen (secondary N) is 2. The van der Waals surface area contributed by atoms with Gasteiger partial charge in [0.25, 0.3) is 0 Å². The summed E-state index contributed by atoms with van der Waals surface area (Å²) in [7, 11) is -3.01. The summed E-state index contributed by atoms with van der Waals surface area (Å²) in [4.78, 5) is 3.17. The van der Waals surface area contributed by atoms with Crippen LogP contribution in [-0.2, 0) is 9.84 Å². The molecule has 0 bridgehead atoms. The third-order valence-electron chi connectivity index (χ3n) is 4.00. The number of benzene rings is 1. The SMILES string of the molecule is N=C1S[C@@H]2CS(=O)(=O)C[C@H]2N1/N=C\c1c[nH]c2ccccc12.